The number of hydrogen-bond donors (Lipinski definition) is 2. The number of ether oxygens (including phenoxy) is 2. The average Bonchev–Trinajstić information content (AvgIpc) is 2.66. The van der Waals surface area contributed by atoms with E-state index < -0.39 is 39.9 Å². The third kappa shape index (κ3) is 5.05. The van der Waals surface area contributed by atoms with Crippen LogP contribution in [0.2, 0.25) is 0 Å². The maximum Gasteiger partial charge on any atom is 0.341 e. The molecule has 0 saturated heterocycles. The van der Waals surface area contributed by atoms with Crippen LogP contribution >= 0.6 is 0 Å². The Morgan fingerprint density at radius 3 is 2.50 bits per heavy atom. The van der Waals surface area contributed by atoms with Gasteiger partial charge in [0.05, 0.1) is 23.3 Å². The number of sulfonamides is 1. The first-order chi connectivity index (χ1) is 13.2. The first-order valence-electron chi connectivity index (χ1n) is 8.02. The molecule has 28 heavy (non-hydrogen) atoms. The van der Waals surface area contributed by atoms with Gasteiger partial charge in [-0.3, -0.25) is 4.79 Å². The minimum absolute atomic E-state index is 0.308. The van der Waals surface area contributed by atoms with E-state index in [2.05, 4.69) is 10.0 Å². The molecule has 2 N–H and O–H groups in total. The number of rotatable bonds is 7. The summed E-state index contributed by atoms with van der Waals surface area (Å²) in [5.74, 6) is -2.39. The monoisotopic (exact) mass is 410 g/mol. The lowest BCUT2D eigenvalue weighted by Crippen LogP contribution is -2.22. The first kappa shape index (κ1) is 21.3. The van der Waals surface area contributed by atoms with Gasteiger partial charge in [0.15, 0.2) is 6.61 Å². The van der Waals surface area contributed by atoms with Gasteiger partial charge < -0.3 is 14.8 Å². The molecule has 0 unspecified atom stereocenters. The predicted octanol–water partition coefficient (Wildman–Crippen LogP) is 1.85. The molecule has 0 saturated carbocycles. The lowest BCUT2D eigenvalue weighted by molar-refractivity contribution is -0.119. The summed E-state index contributed by atoms with van der Waals surface area (Å²) in [7, 11) is -1.25. The zero-order valence-electron chi connectivity index (χ0n) is 15.4. The Hall–Kier alpha value is -2.98. The Morgan fingerprint density at radius 2 is 1.86 bits per heavy atom. The summed E-state index contributed by atoms with van der Waals surface area (Å²) in [6.45, 7) is 1.13. The van der Waals surface area contributed by atoms with Crippen molar-refractivity contribution in [2.75, 3.05) is 26.1 Å². The van der Waals surface area contributed by atoms with Crippen molar-refractivity contribution in [2.45, 2.75) is 11.8 Å². The normalized spacial score (nSPS) is 11.0. The van der Waals surface area contributed by atoms with Crippen LogP contribution in [0.5, 0.6) is 5.75 Å². The molecule has 0 heterocycles. The number of aryl methyl sites for hydroxylation is 1. The highest BCUT2D eigenvalue weighted by Crippen LogP contribution is 2.25. The van der Waals surface area contributed by atoms with Crippen LogP contribution in [-0.4, -0.2) is 41.1 Å². The lowest BCUT2D eigenvalue weighted by Gasteiger charge is -2.11. The summed E-state index contributed by atoms with van der Waals surface area (Å²) in [6.07, 6.45) is 0. The molecule has 0 aromatic heterocycles. The molecule has 10 heteroatoms. The Balaban J connectivity index is 2.09. The van der Waals surface area contributed by atoms with E-state index >= 15 is 0 Å². The number of amides is 1. The van der Waals surface area contributed by atoms with Crippen molar-refractivity contribution in [3.8, 4) is 5.75 Å². The van der Waals surface area contributed by atoms with E-state index in [1.807, 2.05) is 6.92 Å². The minimum atomic E-state index is -3.87. The van der Waals surface area contributed by atoms with Crippen molar-refractivity contribution in [1.29, 1.82) is 0 Å². The van der Waals surface area contributed by atoms with E-state index in [4.69, 9.17) is 9.47 Å². The van der Waals surface area contributed by atoms with Crippen LogP contribution in [0.15, 0.2) is 41.3 Å². The highest BCUT2D eigenvalue weighted by molar-refractivity contribution is 7.89. The minimum Gasteiger partial charge on any atom is -0.495 e. The van der Waals surface area contributed by atoms with Crippen LogP contribution in [0.3, 0.4) is 0 Å². The van der Waals surface area contributed by atoms with Crippen molar-refractivity contribution in [3.05, 3.63) is 53.3 Å². The van der Waals surface area contributed by atoms with E-state index in [9.17, 15) is 22.4 Å². The maximum atomic E-state index is 13.9. The number of carbonyl (C=O) groups is 2. The van der Waals surface area contributed by atoms with Gasteiger partial charge in [-0.25, -0.2) is 22.3 Å². The molecule has 0 aliphatic heterocycles. The fraction of sp³-hybridized carbons (Fsp3) is 0.222. The standard InChI is InChI=1S/C18H19FN2O6S/c1-11-4-7-16(26-3)15(8-11)21-17(22)10-27-18(23)13-9-12(5-6-14(13)19)28(24,25)20-2/h4-9,20H,10H2,1-3H3,(H,21,22). The molecule has 0 aliphatic carbocycles. The topological polar surface area (TPSA) is 111 Å². The van der Waals surface area contributed by atoms with Gasteiger partial charge in [0.2, 0.25) is 10.0 Å². The summed E-state index contributed by atoms with van der Waals surface area (Å²) in [6, 6.07) is 7.81. The Labute approximate surface area is 161 Å². The van der Waals surface area contributed by atoms with Crippen molar-refractivity contribution in [1.82, 2.24) is 4.72 Å². The number of anilines is 1. The molecule has 1 amide bonds. The van der Waals surface area contributed by atoms with Crippen molar-refractivity contribution in [2.24, 2.45) is 0 Å². The van der Waals surface area contributed by atoms with E-state index in [1.54, 1.807) is 18.2 Å². The molecule has 8 nitrogen and oxygen atoms in total. The molecule has 0 fully saturated rings. The third-order valence-electron chi connectivity index (χ3n) is 3.70. The van der Waals surface area contributed by atoms with Gasteiger partial charge in [-0.15, -0.1) is 0 Å². The number of hydrogen-bond acceptors (Lipinski definition) is 6. The smallest absolute Gasteiger partial charge is 0.341 e. The zero-order chi connectivity index (χ0) is 20.9. The maximum absolute atomic E-state index is 13.9. The van der Waals surface area contributed by atoms with Gasteiger partial charge in [0.25, 0.3) is 5.91 Å². The van der Waals surface area contributed by atoms with Gasteiger partial charge in [-0.05, 0) is 49.9 Å². The van der Waals surface area contributed by atoms with Gasteiger partial charge in [-0.1, -0.05) is 6.07 Å². The number of esters is 1. The van der Waals surface area contributed by atoms with E-state index in [0.717, 1.165) is 23.8 Å². The highest BCUT2D eigenvalue weighted by atomic mass is 32.2. The summed E-state index contributed by atoms with van der Waals surface area (Å²) >= 11 is 0. The van der Waals surface area contributed by atoms with Crippen molar-refractivity contribution >= 4 is 27.6 Å². The Morgan fingerprint density at radius 1 is 1.14 bits per heavy atom. The van der Waals surface area contributed by atoms with E-state index in [0.29, 0.717) is 11.4 Å². The van der Waals surface area contributed by atoms with Gasteiger partial charge in [-0.2, -0.15) is 0 Å². The number of halogens is 1. The number of nitrogens with one attached hydrogen (secondary N) is 2. The molecule has 2 rings (SSSR count). The number of benzene rings is 2. The fourth-order valence-corrected chi connectivity index (χ4v) is 3.02. The second-order valence-electron chi connectivity index (χ2n) is 5.68. The molecular formula is C18H19FN2O6S. The molecule has 150 valence electrons. The van der Waals surface area contributed by atoms with E-state index in [1.165, 1.54) is 14.2 Å². The average molecular weight is 410 g/mol. The highest BCUT2D eigenvalue weighted by Gasteiger charge is 2.20. The second-order valence-corrected chi connectivity index (χ2v) is 7.56. The largest absolute Gasteiger partial charge is 0.495 e. The van der Waals surface area contributed by atoms with Gasteiger partial charge in [0.1, 0.15) is 11.6 Å². The molecule has 2 aromatic carbocycles. The first-order valence-corrected chi connectivity index (χ1v) is 9.51. The Bertz CT molecular complexity index is 1010. The van der Waals surface area contributed by atoms with E-state index in [-0.39, 0.29) is 4.90 Å². The summed E-state index contributed by atoms with van der Waals surface area (Å²) in [4.78, 5) is 23.8. The SMILES string of the molecule is CNS(=O)(=O)c1ccc(F)c(C(=O)OCC(=O)Nc2cc(C)ccc2OC)c1. The number of methoxy groups -OCH3 is 1. The van der Waals surface area contributed by atoms with Crippen LogP contribution in [-0.2, 0) is 19.6 Å². The Kier molecular flexibility index (Phi) is 6.71. The zero-order valence-corrected chi connectivity index (χ0v) is 16.2. The van der Waals surface area contributed by atoms with Crippen molar-refractivity contribution < 1.29 is 31.9 Å². The molecule has 0 atom stereocenters. The summed E-state index contributed by atoms with van der Waals surface area (Å²) < 4.78 is 49.4. The molecule has 2 aromatic rings. The summed E-state index contributed by atoms with van der Waals surface area (Å²) in [5.41, 5.74) is 0.659. The molecule has 0 aliphatic rings. The van der Waals surface area contributed by atoms with Crippen LogP contribution in [0.25, 0.3) is 0 Å². The molecule has 0 bridgehead atoms. The number of carbonyl (C=O) groups excluding carboxylic acids is 2. The van der Waals surface area contributed by atoms with Gasteiger partial charge >= 0.3 is 5.97 Å². The van der Waals surface area contributed by atoms with Crippen LogP contribution < -0.4 is 14.8 Å². The molecule has 0 spiro atoms. The quantitative estimate of drug-likeness (QED) is 0.674. The predicted molar refractivity (Wildman–Crippen MR) is 99.3 cm³/mol. The van der Waals surface area contributed by atoms with Gasteiger partial charge in [0, 0.05) is 0 Å². The van der Waals surface area contributed by atoms with Crippen LogP contribution in [0, 0.1) is 12.7 Å². The second kappa shape index (κ2) is 8.81. The third-order valence-corrected chi connectivity index (χ3v) is 5.11. The molecule has 0 radical (unpaired) electrons. The fourth-order valence-electron chi connectivity index (χ4n) is 2.26. The van der Waals surface area contributed by atoms with Crippen LogP contribution in [0.1, 0.15) is 15.9 Å². The van der Waals surface area contributed by atoms with Crippen molar-refractivity contribution in [3.63, 3.8) is 0 Å². The lowest BCUT2D eigenvalue weighted by atomic mass is 10.2. The van der Waals surface area contributed by atoms with Crippen LogP contribution in [0.4, 0.5) is 10.1 Å². The molecular weight excluding hydrogens is 391 g/mol. The summed E-state index contributed by atoms with van der Waals surface area (Å²) in [5, 5.41) is 2.53.